The first-order valence-corrected chi connectivity index (χ1v) is 9.22. The van der Waals surface area contributed by atoms with Crippen molar-refractivity contribution >= 4 is 29.1 Å². The van der Waals surface area contributed by atoms with E-state index < -0.39 is 10.8 Å². The maximum absolute atomic E-state index is 12.4. The van der Waals surface area contributed by atoms with Crippen LogP contribution in [0.3, 0.4) is 0 Å². The van der Waals surface area contributed by atoms with Crippen LogP contribution in [0.1, 0.15) is 41.6 Å². The summed E-state index contributed by atoms with van der Waals surface area (Å²) in [6.45, 7) is 0.625. The molecule has 3 N–H and O–H groups in total. The van der Waals surface area contributed by atoms with Crippen LogP contribution in [0.4, 0.5) is 0 Å². The van der Waals surface area contributed by atoms with Crippen molar-refractivity contribution in [3.8, 4) is 0 Å². The van der Waals surface area contributed by atoms with E-state index in [4.69, 9.17) is 5.73 Å². The predicted octanol–water partition coefficient (Wildman–Crippen LogP) is 2.23. The van der Waals surface area contributed by atoms with Crippen molar-refractivity contribution < 1.29 is 9.00 Å². The van der Waals surface area contributed by atoms with Crippen molar-refractivity contribution in [2.45, 2.75) is 37.5 Å². The van der Waals surface area contributed by atoms with Crippen LogP contribution in [0.25, 0.3) is 0 Å². The number of carbonyl (C=O) groups excluding carboxylic acids is 1. The summed E-state index contributed by atoms with van der Waals surface area (Å²) in [7, 11) is -0.900. The Bertz CT molecular complexity index is 525. The number of hydrogen-bond donors (Lipinski definition) is 2. The molecule has 0 spiro atoms. The minimum atomic E-state index is -0.900. The molecule has 3 atom stereocenters. The minimum absolute atomic E-state index is 0. The molecule has 2 rings (SSSR count). The number of halogens is 1. The van der Waals surface area contributed by atoms with E-state index in [0.29, 0.717) is 23.8 Å². The zero-order valence-corrected chi connectivity index (χ0v) is 14.6. The third kappa shape index (κ3) is 5.38. The van der Waals surface area contributed by atoms with Gasteiger partial charge in [-0.3, -0.25) is 9.00 Å². The second-order valence-electron chi connectivity index (χ2n) is 5.78. The minimum Gasteiger partial charge on any atom is -0.349 e. The van der Waals surface area contributed by atoms with E-state index in [9.17, 15) is 9.00 Å². The number of nitrogens with two attached hydrogens (primary N) is 1. The molecule has 6 heteroatoms. The summed E-state index contributed by atoms with van der Waals surface area (Å²) >= 11 is 0. The molecule has 0 saturated heterocycles. The average Bonchev–Trinajstić information content (AvgIpc) is 2.47. The van der Waals surface area contributed by atoms with E-state index in [1.54, 1.807) is 12.3 Å². The first kappa shape index (κ1) is 19.1. The van der Waals surface area contributed by atoms with Crippen molar-refractivity contribution in [3.63, 3.8) is 0 Å². The number of nitrogens with one attached hydrogen (secondary N) is 1. The molecule has 0 aliphatic heterocycles. The van der Waals surface area contributed by atoms with Gasteiger partial charge in [-0.15, -0.1) is 12.4 Å². The molecule has 1 aromatic carbocycles. The maximum atomic E-state index is 12.4. The van der Waals surface area contributed by atoms with E-state index >= 15 is 0 Å². The number of carbonyl (C=O) groups is 1. The number of benzene rings is 1. The second-order valence-corrected chi connectivity index (χ2v) is 7.21. The van der Waals surface area contributed by atoms with Crippen LogP contribution >= 0.6 is 12.4 Å². The molecule has 1 amide bonds. The highest BCUT2D eigenvalue weighted by molar-refractivity contribution is 7.83. The fraction of sp³-hybridized carbons (Fsp3) is 0.562. The van der Waals surface area contributed by atoms with Gasteiger partial charge in [0.25, 0.3) is 5.91 Å². The molecule has 124 valence electrons. The average molecular weight is 345 g/mol. The van der Waals surface area contributed by atoms with E-state index in [1.807, 2.05) is 18.2 Å². The lowest BCUT2D eigenvalue weighted by molar-refractivity contribution is 0.0908. The Morgan fingerprint density at radius 3 is 2.77 bits per heavy atom. The Kier molecular flexibility index (Phi) is 8.07. The van der Waals surface area contributed by atoms with Gasteiger partial charge >= 0.3 is 0 Å². The van der Waals surface area contributed by atoms with Gasteiger partial charge in [0.1, 0.15) is 0 Å². The molecule has 1 aliphatic carbocycles. The van der Waals surface area contributed by atoms with Gasteiger partial charge in [-0.1, -0.05) is 25.0 Å². The molecular weight excluding hydrogens is 320 g/mol. The van der Waals surface area contributed by atoms with Gasteiger partial charge in [-0.05, 0) is 43.0 Å². The van der Waals surface area contributed by atoms with Gasteiger partial charge in [0.2, 0.25) is 0 Å². The highest BCUT2D eigenvalue weighted by Crippen LogP contribution is 2.23. The van der Waals surface area contributed by atoms with Crippen LogP contribution in [-0.4, -0.2) is 29.0 Å². The second kappa shape index (κ2) is 9.28. The van der Waals surface area contributed by atoms with Crippen LogP contribution in [-0.2, 0) is 16.6 Å². The van der Waals surface area contributed by atoms with E-state index in [-0.39, 0.29) is 24.4 Å². The van der Waals surface area contributed by atoms with Crippen LogP contribution in [0.15, 0.2) is 24.3 Å². The largest absolute Gasteiger partial charge is 0.349 e. The van der Waals surface area contributed by atoms with E-state index in [0.717, 1.165) is 24.8 Å². The molecule has 1 fully saturated rings. The Morgan fingerprint density at radius 1 is 1.36 bits per heavy atom. The molecule has 3 unspecified atom stereocenters. The predicted molar refractivity (Wildman–Crippen MR) is 93.7 cm³/mol. The van der Waals surface area contributed by atoms with Gasteiger partial charge in [-0.2, -0.15) is 0 Å². The van der Waals surface area contributed by atoms with Crippen molar-refractivity contribution in [2.24, 2.45) is 11.7 Å². The molecule has 4 nitrogen and oxygen atoms in total. The molecule has 22 heavy (non-hydrogen) atoms. The SMILES string of the molecule is CS(=O)Cc1cccc(C(=O)NC2CCCCC2CN)c1.Cl. The monoisotopic (exact) mass is 344 g/mol. The normalized spacial score (nSPS) is 22.5. The molecule has 0 radical (unpaired) electrons. The lowest BCUT2D eigenvalue weighted by atomic mass is 9.84. The van der Waals surface area contributed by atoms with Crippen LogP contribution in [0.5, 0.6) is 0 Å². The lowest BCUT2D eigenvalue weighted by Gasteiger charge is -2.31. The van der Waals surface area contributed by atoms with Gasteiger partial charge in [0.05, 0.1) is 0 Å². The smallest absolute Gasteiger partial charge is 0.251 e. The van der Waals surface area contributed by atoms with Gasteiger partial charge in [-0.25, -0.2) is 0 Å². The quantitative estimate of drug-likeness (QED) is 0.860. The summed E-state index contributed by atoms with van der Waals surface area (Å²) in [5, 5.41) is 3.12. The standard InChI is InChI=1S/C16H24N2O2S.ClH/c1-21(20)11-12-5-4-7-13(9-12)16(19)18-15-8-3-2-6-14(15)10-17;/h4-5,7,9,14-15H,2-3,6,8,10-11,17H2,1H3,(H,18,19);1H. The van der Waals surface area contributed by atoms with Crippen molar-refractivity contribution in [2.75, 3.05) is 12.8 Å². The topological polar surface area (TPSA) is 72.2 Å². The molecule has 0 bridgehead atoms. The summed E-state index contributed by atoms with van der Waals surface area (Å²) < 4.78 is 11.3. The van der Waals surface area contributed by atoms with Crippen LogP contribution in [0.2, 0.25) is 0 Å². The third-order valence-electron chi connectivity index (χ3n) is 4.09. The lowest BCUT2D eigenvalue weighted by Crippen LogP contribution is -2.44. The summed E-state index contributed by atoms with van der Waals surface area (Å²) in [6, 6.07) is 7.56. The summed E-state index contributed by atoms with van der Waals surface area (Å²) in [5.41, 5.74) is 7.37. The fourth-order valence-corrected chi connectivity index (χ4v) is 3.62. The molecule has 1 saturated carbocycles. The van der Waals surface area contributed by atoms with Crippen molar-refractivity contribution in [1.82, 2.24) is 5.32 Å². The van der Waals surface area contributed by atoms with Crippen LogP contribution in [0, 0.1) is 5.92 Å². The fourth-order valence-electron chi connectivity index (χ4n) is 2.97. The molecule has 0 heterocycles. The first-order chi connectivity index (χ1) is 10.1. The Labute approximate surface area is 141 Å². The van der Waals surface area contributed by atoms with Crippen molar-refractivity contribution in [1.29, 1.82) is 0 Å². The third-order valence-corrected chi connectivity index (χ3v) is 4.83. The zero-order valence-electron chi connectivity index (χ0n) is 12.9. The van der Waals surface area contributed by atoms with Gasteiger partial charge in [0, 0.05) is 34.4 Å². The summed E-state index contributed by atoms with van der Waals surface area (Å²) in [6.07, 6.45) is 6.12. The molecular formula is C16H25ClN2O2S. The number of rotatable bonds is 5. The summed E-state index contributed by atoms with van der Waals surface area (Å²) in [4.78, 5) is 12.4. The highest BCUT2D eigenvalue weighted by atomic mass is 35.5. The summed E-state index contributed by atoms with van der Waals surface area (Å²) in [5.74, 6) is 0.814. The van der Waals surface area contributed by atoms with E-state index in [2.05, 4.69) is 5.32 Å². The van der Waals surface area contributed by atoms with Gasteiger partial charge in [0.15, 0.2) is 0 Å². The van der Waals surface area contributed by atoms with E-state index in [1.165, 1.54) is 6.42 Å². The molecule has 1 aliphatic rings. The molecule has 1 aromatic rings. The first-order valence-electron chi connectivity index (χ1n) is 7.50. The van der Waals surface area contributed by atoms with Crippen LogP contribution < -0.4 is 11.1 Å². The Morgan fingerprint density at radius 2 is 2.09 bits per heavy atom. The number of hydrogen-bond acceptors (Lipinski definition) is 3. The van der Waals surface area contributed by atoms with Gasteiger partial charge < -0.3 is 11.1 Å². The zero-order chi connectivity index (χ0) is 15.2. The highest BCUT2D eigenvalue weighted by Gasteiger charge is 2.25. The van der Waals surface area contributed by atoms with Crippen molar-refractivity contribution in [3.05, 3.63) is 35.4 Å². The number of amides is 1. The Hall–Kier alpha value is -0.910. The Balaban J connectivity index is 0.00000242. The maximum Gasteiger partial charge on any atom is 0.251 e. The molecule has 0 aromatic heterocycles.